The molecule has 0 fully saturated rings. The van der Waals surface area contributed by atoms with Gasteiger partial charge in [-0.25, -0.2) is 0 Å². The summed E-state index contributed by atoms with van der Waals surface area (Å²) in [5.74, 6) is 0. The van der Waals surface area contributed by atoms with Crippen LogP contribution in [0.2, 0.25) is 0 Å². The summed E-state index contributed by atoms with van der Waals surface area (Å²) in [7, 11) is 5.38. The monoisotopic (exact) mass is 120 g/mol. The first-order valence-corrected chi connectivity index (χ1v) is 2.99. The zero-order chi connectivity index (χ0) is 6.85. The van der Waals surface area contributed by atoms with E-state index >= 15 is 0 Å². The summed E-state index contributed by atoms with van der Waals surface area (Å²) < 4.78 is 1.97. The zero-order valence-corrected chi connectivity index (χ0v) is 5.70. The molecule has 1 aromatic rings. The quantitative estimate of drug-likeness (QED) is 0.486. The fourth-order valence-corrected chi connectivity index (χ4v) is 0.635. The van der Waals surface area contributed by atoms with Crippen molar-refractivity contribution in [1.82, 2.24) is 9.55 Å². The highest BCUT2D eigenvalue weighted by atomic mass is 15.0. The molecule has 0 unspecified atom stereocenters. The van der Waals surface area contributed by atoms with Gasteiger partial charge in [0.25, 0.3) is 0 Å². The van der Waals surface area contributed by atoms with Gasteiger partial charge in [0.2, 0.25) is 0 Å². The van der Waals surface area contributed by atoms with Crippen LogP contribution in [-0.4, -0.2) is 17.4 Å². The molecular formula is C6H9BN2. The Kier molecular flexibility index (Phi) is 1.60. The van der Waals surface area contributed by atoms with Crippen LogP contribution in [0.1, 0.15) is 19.9 Å². The number of aromatic nitrogens is 2. The van der Waals surface area contributed by atoms with Crippen LogP contribution >= 0.6 is 0 Å². The van der Waals surface area contributed by atoms with E-state index in [1.807, 2.05) is 10.8 Å². The summed E-state index contributed by atoms with van der Waals surface area (Å²) in [6.45, 7) is 4.17. The topological polar surface area (TPSA) is 17.8 Å². The second-order valence-corrected chi connectivity index (χ2v) is 2.34. The lowest BCUT2D eigenvalue weighted by Crippen LogP contribution is -2.02. The van der Waals surface area contributed by atoms with Crippen molar-refractivity contribution >= 4 is 13.4 Å². The second-order valence-electron chi connectivity index (χ2n) is 2.34. The average Bonchev–Trinajstić information content (AvgIpc) is 2.14. The van der Waals surface area contributed by atoms with Gasteiger partial charge in [0.1, 0.15) is 7.85 Å². The van der Waals surface area contributed by atoms with E-state index in [-0.39, 0.29) is 0 Å². The molecule has 0 atom stereocenters. The fourth-order valence-electron chi connectivity index (χ4n) is 0.635. The third kappa shape index (κ3) is 1.34. The molecular weight excluding hydrogens is 111 g/mol. The number of rotatable bonds is 1. The maximum absolute atomic E-state index is 5.38. The Morgan fingerprint density at radius 2 is 2.33 bits per heavy atom. The molecule has 0 aliphatic heterocycles. The molecule has 1 aromatic heterocycles. The van der Waals surface area contributed by atoms with Gasteiger partial charge in [-0.05, 0) is 13.8 Å². The number of hydrogen-bond acceptors (Lipinski definition) is 1. The standard InChI is InChI=1S/C6H9BN2/c1-5(2)9-3-6(7)8-4-9/h3-5H,1-2H3. The van der Waals surface area contributed by atoms with Crippen molar-refractivity contribution in [3.8, 4) is 0 Å². The molecule has 0 N–H and O–H groups in total. The van der Waals surface area contributed by atoms with E-state index in [1.165, 1.54) is 0 Å². The Labute approximate surface area is 56.3 Å². The van der Waals surface area contributed by atoms with Crippen LogP contribution in [-0.2, 0) is 0 Å². The third-order valence-corrected chi connectivity index (χ3v) is 1.22. The highest BCUT2D eigenvalue weighted by Crippen LogP contribution is 1.98. The van der Waals surface area contributed by atoms with E-state index in [4.69, 9.17) is 7.85 Å². The zero-order valence-electron chi connectivity index (χ0n) is 5.70. The van der Waals surface area contributed by atoms with Crippen molar-refractivity contribution in [2.75, 3.05) is 0 Å². The van der Waals surface area contributed by atoms with E-state index in [2.05, 4.69) is 18.8 Å². The van der Waals surface area contributed by atoms with Crippen molar-refractivity contribution in [3.05, 3.63) is 12.5 Å². The number of hydrogen-bond donors (Lipinski definition) is 0. The minimum Gasteiger partial charge on any atom is -0.336 e. The van der Waals surface area contributed by atoms with Gasteiger partial charge in [-0.2, -0.15) is 0 Å². The maximum Gasteiger partial charge on any atom is 0.143 e. The SMILES string of the molecule is [B]c1cn(C(C)C)cn1. The Morgan fingerprint density at radius 1 is 1.67 bits per heavy atom. The summed E-state index contributed by atoms with van der Waals surface area (Å²) in [5, 5.41) is 0. The van der Waals surface area contributed by atoms with Gasteiger partial charge in [0.05, 0.1) is 6.33 Å². The molecule has 2 nitrogen and oxygen atoms in total. The first kappa shape index (κ1) is 6.40. The van der Waals surface area contributed by atoms with Crippen LogP contribution in [0.15, 0.2) is 12.5 Å². The predicted octanol–water partition coefficient (Wildman–Crippen LogP) is 0.258. The van der Waals surface area contributed by atoms with Crippen molar-refractivity contribution in [1.29, 1.82) is 0 Å². The Bertz CT molecular complexity index is 193. The van der Waals surface area contributed by atoms with Crippen molar-refractivity contribution in [2.24, 2.45) is 0 Å². The summed E-state index contributed by atoms with van der Waals surface area (Å²) in [6.07, 6.45) is 3.56. The average molecular weight is 120 g/mol. The van der Waals surface area contributed by atoms with Gasteiger partial charge in [0, 0.05) is 17.8 Å². The normalized spacial score (nSPS) is 10.6. The molecule has 0 spiro atoms. The van der Waals surface area contributed by atoms with Crippen LogP contribution in [0.5, 0.6) is 0 Å². The van der Waals surface area contributed by atoms with Gasteiger partial charge in [-0.15, -0.1) is 0 Å². The van der Waals surface area contributed by atoms with Crippen LogP contribution < -0.4 is 5.59 Å². The Morgan fingerprint density at radius 3 is 2.56 bits per heavy atom. The van der Waals surface area contributed by atoms with Crippen LogP contribution in [0.4, 0.5) is 0 Å². The molecule has 1 heterocycles. The predicted molar refractivity (Wildman–Crippen MR) is 38.0 cm³/mol. The first-order valence-electron chi connectivity index (χ1n) is 2.99. The van der Waals surface area contributed by atoms with E-state index in [0.29, 0.717) is 11.6 Å². The molecule has 0 amide bonds. The van der Waals surface area contributed by atoms with E-state index in [0.717, 1.165) is 0 Å². The molecule has 0 bridgehead atoms. The van der Waals surface area contributed by atoms with Crippen molar-refractivity contribution < 1.29 is 0 Å². The highest BCUT2D eigenvalue weighted by Gasteiger charge is 1.94. The molecule has 0 aromatic carbocycles. The molecule has 0 aliphatic carbocycles. The summed E-state index contributed by atoms with van der Waals surface area (Å²) in [5.41, 5.74) is 0.587. The molecule has 1 rings (SSSR count). The van der Waals surface area contributed by atoms with Crippen molar-refractivity contribution in [2.45, 2.75) is 19.9 Å². The van der Waals surface area contributed by atoms with E-state index in [9.17, 15) is 0 Å². The van der Waals surface area contributed by atoms with Gasteiger partial charge < -0.3 is 4.57 Å². The van der Waals surface area contributed by atoms with Crippen LogP contribution in [0.3, 0.4) is 0 Å². The summed E-state index contributed by atoms with van der Waals surface area (Å²) >= 11 is 0. The van der Waals surface area contributed by atoms with Gasteiger partial charge in [-0.3, -0.25) is 4.98 Å². The molecule has 0 saturated heterocycles. The molecule has 0 aliphatic rings. The lowest BCUT2D eigenvalue weighted by atomic mass is 10.1. The maximum atomic E-state index is 5.38. The van der Waals surface area contributed by atoms with Crippen LogP contribution in [0, 0.1) is 0 Å². The lowest BCUT2D eigenvalue weighted by Gasteiger charge is -2.03. The molecule has 3 heteroatoms. The first-order chi connectivity index (χ1) is 4.20. The third-order valence-electron chi connectivity index (χ3n) is 1.22. The van der Waals surface area contributed by atoms with Crippen LogP contribution in [0.25, 0.3) is 0 Å². The summed E-state index contributed by atoms with van der Waals surface area (Å²) in [6, 6.07) is 0.454. The molecule has 0 saturated carbocycles. The van der Waals surface area contributed by atoms with E-state index in [1.54, 1.807) is 6.33 Å². The summed E-state index contributed by atoms with van der Waals surface area (Å²) in [4.78, 5) is 3.88. The minimum absolute atomic E-state index is 0.454. The van der Waals surface area contributed by atoms with E-state index < -0.39 is 0 Å². The second kappa shape index (κ2) is 2.25. The smallest absolute Gasteiger partial charge is 0.143 e. The van der Waals surface area contributed by atoms with Gasteiger partial charge >= 0.3 is 0 Å². The molecule has 2 radical (unpaired) electrons. The Balaban J connectivity index is 2.85. The number of nitrogens with zero attached hydrogens (tertiary/aromatic N) is 2. The van der Waals surface area contributed by atoms with Gasteiger partial charge in [-0.1, -0.05) is 0 Å². The Hall–Kier alpha value is -0.725. The van der Waals surface area contributed by atoms with Gasteiger partial charge in [0.15, 0.2) is 0 Å². The fraction of sp³-hybridized carbons (Fsp3) is 0.500. The number of imidazole rings is 1. The largest absolute Gasteiger partial charge is 0.336 e. The highest BCUT2D eigenvalue weighted by molar-refractivity contribution is 6.30. The van der Waals surface area contributed by atoms with Crippen molar-refractivity contribution in [3.63, 3.8) is 0 Å². The molecule has 46 valence electrons. The molecule has 9 heavy (non-hydrogen) atoms. The minimum atomic E-state index is 0.454. The lowest BCUT2D eigenvalue weighted by molar-refractivity contribution is 0.600.